The molecule has 18 heavy (non-hydrogen) atoms. The summed E-state index contributed by atoms with van der Waals surface area (Å²) in [5.74, 6) is 0.259. The smallest absolute Gasteiger partial charge is 0.417 e. The van der Waals surface area contributed by atoms with Crippen molar-refractivity contribution in [2.24, 2.45) is 0 Å². The second kappa shape index (κ2) is 4.86. The molecule has 1 heterocycles. The number of rotatable bonds is 2. The van der Waals surface area contributed by atoms with Crippen LogP contribution in [0.25, 0.3) is 0 Å². The molecule has 1 aliphatic heterocycles. The van der Waals surface area contributed by atoms with Crippen molar-refractivity contribution in [2.45, 2.75) is 18.7 Å². The lowest BCUT2D eigenvalue weighted by Crippen LogP contribution is -2.16. The molecule has 0 spiro atoms. The fourth-order valence-electron chi connectivity index (χ4n) is 1.73. The molecule has 0 N–H and O–H groups in total. The van der Waals surface area contributed by atoms with Gasteiger partial charge in [-0.3, -0.25) is 0 Å². The molecule has 3 nitrogen and oxygen atoms in total. The van der Waals surface area contributed by atoms with Gasteiger partial charge in [-0.2, -0.15) is 18.4 Å². The summed E-state index contributed by atoms with van der Waals surface area (Å²) in [6.45, 7) is 0.999. The van der Waals surface area contributed by atoms with Gasteiger partial charge in [0.25, 0.3) is 0 Å². The van der Waals surface area contributed by atoms with E-state index in [-0.39, 0.29) is 11.9 Å². The highest BCUT2D eigenvalue weighted by molar-refractivity contribution is 5.44. The van der Waals surface area contributed by atoms with E-state index >= 15 is 0 Å². The molecule has 2 rings (SSSR count). The highest BCUT2D eigenvalue weighted by atomic mass is 19.4. The first-order valence-electron chi connectivity index (χ1n) is 5.36. The Kier molecular flexibility index (Phi) is 3.43. The van der Waals surface area contributed by atoms with E-state index in [2.05, 4.69) is 0 Å². The van der Waals surface area contributed by atoms with Crippen molar-refractivity contribution < 1.29 is 22.6 Å². The Morgan fingerprint density at radius 3 is 2.72 bits per heavy atom. The van der Waals surface area contributed by atoms with Gasteiger partial charge >= 0.3 is 6.18 Å². The maximum absolute atomic E-state index is 12.6. The molecule has 0 aromatic heterocycles. The van der Waals surface area contributed by atoms with Crippen LogP contribution in [0.15, 0.2) is 18.2 Å². The van der Waals surface area contributed by atoms with Gasteiger partial charge in [-0.25, -0.2) is 0 Å². The van der Waals surface area contributed by atoms with Crippen LogP contribution in [0.2, 0.25) is 0 Å². The molecule has 0 radical (unpaired) electrons. The lowest BCUT2D eigenvalue weighted by Gasteiger charge is -2.14. The predicted molar refractivity (Wildman–Crippen MR) is 56.0 cm³/mol. The summed E-state index contributed by atoms with van der Waals surface area (Å²) in [6.07, 6.45) is -3.99. The van der Waals surface area contributed by atoms with Crippen molar-refractivity contribution in [3.8, 4) is 11.8 Å². The van der Waals surface area contributed by atoms with Crippen LogP contribution < -0.4 is 4.74 Å². The number of alkyl halides is 3. The van der Waals surface area contributed by atoms with Gasteiger partial charge in [-0.05, 0) is 18.2 Å². The third-order valence-electron chi connectivity index (χ3n) is 2.61. The lowest BCUT2D eigenvalue weighted by molar-refractivity contribution is -0.137. The zero-order valence-corrected chi connectivity index (χ0v) is 9.33. The van der Waals surface area contributed by atoms with Crippen molar-refractivity contribution in [1.82, 2.24) is 0 Å². The van der Waals surface area contributed by atoms with E-state index in [1.54, 1.807) is 0 Å². The summed E-state index contributed by atoms with van der Waals surface area (Å²) in [5.41, 5.74) is -1.38. The van der Waals surface area contributed by atoms with Crippen molar-refractivity contribution in [3.05, 3.63) is 29.3 Å². The Hall–Kier alpha value is -1.74. The molecule has 1 unspecified atom stereocenters. The van der Waals surface area contributed by atoms with Crippen LogP contribution in [0, 0.1) is 11.3 Å². The molecule has 1 fully saturated rings. The van der Waals surface area contributed by atoms with E-state index in [1.807, 2.05) is 0 Å². The molecule has 1 atom stereocenters. The van der Waals surface area contributed by atoms with Gasteiger partial charge in [0, 0.05) is 6.42 Å². The molecular weight excluding hydrogens is 247 g/mol. The van der Waals surface area contributed by atoms with E-state index in [9.17, 15) is 13.2 Å². The zero-order chi connectivity index (χ0) is 13.2. The first-order chi connectivity index (χ1) is 8.50. The summed E-state index contributed by atoms with van der Waals surface area (Å²) in [7, 11) is 0. The van der Waals surface area contributed by atoms with E-state index < -0.39 is 17.3 Å². The van der Waals surface area contributed by atoms with Gasteiger partial charge in [0.15, 0.2) is 0 Å². The largest absolute Gasteiger partial charge is 0.488 e. The van der Waals surface area contributed by atoms with Gasteiger partial charge in [0.05, 0.1) is 30.4 Å². The van der Waals surface area contributed by atoms with E-state index in [0.29, 0.717) is 19.6 Å². The van der Waals surface area contributed by atoms with Crippen molar-refractivity contribution >= 4 is 0 Å². The summed E-state index contributed by atoms with van der Waals surface area (Å²) in [4.78, 5) is 0. The molecule has 0 saturated carbocycles. The summed E-state index contributed by atoms with van der Waals surface area (Å²) in [6, 6.07) is 4.74. The van der Waals surface area contributed by atoms with Crippen LogP contribution in [0.5, 0.6) is 5.75 Å². The van der Waals surface area contributed by atoms with Gasteiger partial charge in [-0.1, -0.05) is 0 Å². The average molecular weight is 257 g/mol. The van der Waals surface area contributed by atoms with Gasteiger partial charge < -0.3 is 9.47 Å². The fourth-order valence-corrected chi connectivity index (χ4v) is 1.73. The molecule has 1 aromatic carbocycles. The maximum Gasteiger partial charge on any atom is 0.417 e. The third-order valence-corrected chi connectivity index (χ3v) is 2.61. The van der Waals surface area contributed by atoms with Crippen LogP contribution in [-0.2, 0) is 10.9 Å². The van der Waals surface area contributed by atoms with E-state index in [0.717, 1.165) is 12.1 Å². The lowest BCUT2D eigenvalue weighted by atomic mass is 10.1. The minimum absolute atomic E-state index is 0.159. The molecular formula is C12H10F3NO2. The van der Waals surface area contributed by atoms with Gasteiger partial charge in [0.1, 0.15) is 11.9 Å². The van der Waals surface area contributed by atoms with Crippen molar-refractivity contribution in [3.63, 3.8) is 0 Å². The van der Waals surface area contributed by atoms with Crippen LogP contribution in [0.1, 0.15) is 17.5 Å². The van der Waals surface area contributed by atoms with E-state index in [4.69, 9.17) is 14.7 Å². The second-order valence-corrected chi connectivity index (χ2v) is 3.92. The van der Waals surface area contributed by atoms with Crippen LogP contribution in [0.3, 0.4) is 0 Å². The Balaban J connectivity index is 2.22. The van der Waals surface area contributed by atoms with Crippen LogP contribution in [0.4, 0.5) is 13.2 Å². The fraction of sp³-hybridized carbons (Fsp3) is 0.417. The van der Waals surface area contributed by atoms with Crippen molar-refractivity contribution in [1.29, 1.82) is 5.26 Å². The minimum Gasteiger partial charge on any atom is -0.488 e. The number of benzene rings is 1. The number of nitriles is 1. The average Bonchev–Trinajstić information content (AvgIpc) is 2.80. The summed E-state index contributed by atoms with van der Waals surface area (Å²) < 4.78 is 48.2. The highest BCUT2D eigenvalue weighted by Crippen LogP contribution is 2.33. The molecule has 6 heteroatoms. The number of hydrogen-bond acceptors (Lipinski definition) is 3. The van der Waals surface area contributed by atoms with Crippen molar-refractivity contribution in [2.75, 3.05) is 13.2 Å². The zero-order valence-electron chi connectivity index (χ0n) is 9.33. The summed E-state index contributed by atoms with van der Waals surface area (Å²) >= 11 is 0. The number of nitrogens with zero attached hydrogens (tertiary/aromatic N) is 1. The molecule has 0 amide bonds. The Labute approximate surface area is 102 Å². The Morgan fingerprint density at radius 1 is 1.39 bits per heavy atom. The topological polar surface area (TPSA) is 42.2 Å². The predicted octanol–water partition coefficient (Wildman–Crippen LogP) is 2.74. The molecule has 1 aromatic rings. The SMILES string of the molecule is N#Cc1cc(OC2CCOC2)ccc1C(F)(F)F. The first-order valence-corrected chi connectivity index (χ1v) is 5.36. The Morgan fingerprint density at radius 2 is 2.17 bits per heavy atom. The van der Waals surface area contributed by atoms with Crippen LogP contribution >= 0.6 is 0 Å². The van der Waals surface area contributed by atoms with E-state index in [1.165, 1.54) is 12.1 Å². The second-order valence-electron chi connectivity index (χ2n) is 3.92. The normalized spacial score (nSPS) is 19.6. The Bertz CT molecular complexity index is 473. The molecule has 1 aliphatic rings. The first kappa shape index (κ1) is 12.7. The molecule has 1 saturated heterocycles. The number of halogens is 3. The minimum atomic E-state index is -4.53. The molecule has 96 valence electrons. The monoisotopic (exact) mass is 257 g/mol. The summed E-state index contributed by atoms with van der Waals surface area (Å²) in [5, 5.41) is 8.74. The standard InChI is InChI=1S/C12H10F3NO2/c13-12(14,15)11-2-1-9(5-8(11)6-16)18-10-3-4-17-7-10/h1-2,5,10H,3-4,7H2. The van der Waals surface area contributed by atoms with Crippen LogP contribution in [-0.4, -0.2) is 19.3 Å². The maximum atomic E-state index is 12.6. The molecule has 0 aliphatic carbocycles. The quantitative estimate of drug-likeness (QED) is 0.818. The molecule has 0 bridgehead atoms. The number of ether oxygens (including phenoxy) is 2. The number of hydrogen-bond donors (Lipinski definition) is 0. The third kappa shape index (κ3) is 2.74. The highest BCUT2D eigenvalue weighted by Gasteiger charge is 2.33. The van der Waals surface area contributed by atoms with Gasteiger partial charge in [0.2, 0.25) is 0 Å². The van der Waals surface area contributed by atoms with Gasteiger partial charge in [-0.15, -0.1) is 0 Å².